The van der Waals surface area contributed by atoms with E-state index in [4.69, 9.17) is 0 Å². The Morgan fingerprint density at radius 3 is 2.52 bits per heavy atom. The van der Waals surface area contributed by atoms with Gasteiger partial charge in [0.25, 0.3) is 0 Å². The van der Waals surface area contributed by atoms with E-state index in [9.17, 15) is 9.59 Å². The van der Waals surface area contributed by atoms with Crippen LogP contribution in [0.5, 0.6) is 0 Å². The molecule has 33 heavy (non-hydrogen) atoms. The summed E-state index contributed by atoms with van der Waals surface area (Å²) in [5.74, 6) is -0.339. The van der Waals surface area contributed by atoms with Crippen molar-refractivity contribution in [3.8, 4) is 0 Å². The molecule has 0 aliphatic carbocycles. The summed E-state index contributed by atoms with van der Waals surface area (Å²) in [6.07, 6.45) is 6.76. The molecule has 1 saturated heterocycles. The maximum absolute atomic E-state index is 12.3. The van der Waals surface area contributed by atoms with Crippen LogP contribution in [0.25, 0.3) is 6.08 Å². The van der Waals surface area contributed by atoms with Gasteiger partial charge in [-0.25, -0.2) is 4.98 Å². The number of rotatable bonds is 8. The quantitative estimate of drug-likeness (QED) is 0.474. The minimum absolute atomic E-state index is 0.118. The summed E-state index contributed by atoms with van der Waals surface area (Å²) in [6, 6.07) is 17.4. The predicted molar refractivity (Wildman–Crippen MR) is 135 cm³/mol. The molecular formula is C26H28N4O2S. The minimum Gasteiger partial charge on any atom is -0.323 e. The summed E-state index contributed by atoms with van der Waals surface area (Å²) in [5.41, 5.74) is 3.43. The van der Waals surface area contributed by atoms with Crippen LogP contribution in [-0.4, -0.2) is 41.3 Å². The van der Waals surface area contributed by atoms with Gasteiger partial charge in [-0.2, -0.15) is 0 Å². The van der Waals surface area contributed by atoms with Crippen molar-refractivity contribution in [2.45, 2.75) is 26.2 Å². The van der Waals surface area contributed by atoms with Crippen LogP contribution in [0.3, 0.4) is 0 Å². The summed E-state index contributed by atoms with van der Waals surface area (Å²) in [4.78, 5) is 33.1. The molecule has 2 aromatic carbocycles. The minimum atomic E-state index is -0.221. The number of hydrogen-bond acceptors (Lipinski definition) is 5. The fourth-order valence-electron chi connectivity index (χ4n) is 3.85. The number of anilines is 3. The van der Waals surface area contributed by atoms with E-state index in [1.54, 1.807) is 11.0 Å². The average Bonchev–Trinajstić information content (AvgIpc) is 3.50. The number of nitrogens with one attached hydrogen (secondary N) is 1. The first kappa shape index (κ1) is 22.9. The van der Waals surface area contributed by atoms with Gasteiger partial charge in [-0.1, -0.05) is 30.3 Å². The van der Waals surface area contributed by atoms with Crippen LogP contribution >= 0.6 is 11.3 Å². The first-order valence-electron chi connectivity index (χ1n) is 11.2. The van der Waals surface area contributed by atoms with Gasteiger partial charge in [-0.3, -0.25) is 14.5 Å². The van der Waals surface area contributed by atoms with E-state index >= 15 is 0 Å². The lowest BCUT2D eigenvalue weighted by Gasteiger charge is -2.17. The van der Waals surface area contributed by atoms with Gasteiger partial charge in [0, 0.05) is 30.6 Å². The van der Waals surface area contributed by atoms with Gasteiger partial charge in [-0.15, -0.1) is 11.3 Å². The third kappa shape index (κ3) is 6.37. The number of carbonyl (C=O) groups is 2. The molecule has 0 unspecified atom stereocenters. The van der Waals surface area contributed by atoms with Crippen molar-refractivity contribution in [2.75, 3.05) is 29.9 Å². The third-order valence-electron chi connectivity index (χ3n) is 5.57. The second-order valence-electron chi connectivity index (χ2n) is 8.06. The summed E-state index contributed by atoms with van der Waals surface area (Å²) in [6.45, 7) is 5.02. The van der Waals surface area contributed by atoms with Crippen molar-refractivity contribution in [1.82, 2.24) is 9.88 Å². The second-order valence-corrected chi connectivity index (χ2v) is 8.90. The third-order valence-corrected chi connectivity index (χ3v) is 6.42. The van der Waals surface area contributed by atoms with Gasteiger partial charge in [-0.05, 0) is 68.3 Å². The number of benzene rings is 2. The highest BCUT2D eigenvalue weighted by Crippen LogP contribution is 2.29. The van der Waals surface area contributed by atoms with Crippen LogP contribution in [0.2, 0.25) is 0 Å². The molecule has 0 saturated carbocycles. The maximum Gasteiger partial charge on any atom is 0.248 e. The molecule has 1 N–H and O–H groups in total. The van der Waals surface area contributed by atoms with Crippen LogP contribution in [-0.2, 0) is 16.0 Å². The molecule has 2 heterocycles. The zero-order valence-electron chi connectivity index (χ0n) is 18.7. The van der Waals surface area contributed by atoms with E-state index in [2.05, 4.69) is 27.3 Å². The summed E-state index contributed by atoms with van der Waals surface area (Å²) in [5, 5.41) is 5.28. The molecule has 1 fully saturated rings. The Balaban J connectivity index is 1.32. The largest absolute Gasteiger partial charge is 0.323 e. The Labute approximate surface area is 198 Å². The lowest BCUT2D eigenvalue weighted by atomic mass is 10.1. The average molecular weight is 461 g/mol. The van der Waals surface area contributed by atoms with Crippen LogP contribution < -0.4 is 10.2 Å². The van der Waals surface area contributed by atoms with E-state index in [1.807, 2.05) is 47.8 Å². The Hall–Kier alpha value is -3.29. The van der Waals surface area contributed by atoms with Gasteiger partial charge in [0.15, 0.2) is 5.13 Å². The van der Waals surface area contributed by atoms with Crippen molar-refractivity contribution in [3.63, 3.8) is 0 Å². The monoisotopic (exact) mass is 460 g/mol. The fourth-order valence-corrected chi connectivity index (χ4v) is 4.71. The highest BCUT2D eigenvalue weighted by Gasteiger charge is 2.17. The Morgan fingerprint density at radius 2 is 1.82 bits per heavy atom. The first-order valence-corrected chi connectivity index (χ1v) is 12.1. The van der Waals surface area contributed by atoms with Crippen molar-refractivity contribution in [1.29, 1.82) is 0 Å². The molecule has 6 nitrogen and oxygen atoms in total. The van der Waals surface area contributed by atoms with E-state index in [0.717, 1.165) is 24.3 Å². The number of para-hydroxylation sites is 1. The summed E-state index contributed by atoms with van der Waals surface area (Å²) >= 11 is 1.36. The van der Waals surface area contributed by atoms with Gasteiger partial charge >= 0.3 is 0 Å². The topological polar surface area (TPSA) is 65.5 Å². The molecule has 0 spiro atoms. The molecule has 3 aromatic rings. The van der Waals surface area contributed by atoms with Gasteiger partial charge in [0.1, 0.15) is 0 Å². The Kier molecular flexibility index (Phi) is 7.65. The molecule has 1 aliphatic heterocycles. The molecule has 170 valence electrons. The van der Waals surface area contributed by atoms with Crippen molar-refractivity contribution in [3.05, 3.63) is 77.3 Å². The number of amides is 2. The lowest BCUT2D eigenvalue weighted by molar-refractivity contribution is -0.116. The molecule has 7 heteroatoms. The van der Waals surface area contributed by atoms with Gasteiger partial charge in [0.05, 0.1) is 11.4 Å². The normalized spacial score (nSPS) is 14.0. The molecule has 0 atom stereocenters. The number of nitrogens with zero attached hydrogens (tertiary/aromatic N) is 3. The number of thiazole rings is 1. The maximum atomic E-state index is 12.3. The van der Waals surface area contributed by atoms with Crippen LogP contribution in [0.1, 0.15) is 31.0 Å². The smallest absolute Gasteiger partial charge is 0.248 e. The van der Waals surface area contributed by atoms with E-state index in [-0.39, 0.29) is 11.8 Å². The molecular weight excluding hydrogens is 432 g/mol. The number of aromatic nitrogens is 1. The van der Waals surface area contributed by atoms with Crippen LogP contribution in [0, 0.1) is 0 Å². The molecule has 2 amide bonds. The van der Waals surface area contributed by atoms with Gasteiger partial charge < -0.3 is 10.2 Å². The summed E-state index contributed by atoms with van der Waals surface area (Å²) < 4.78 is 0. The van der Waals surface area contributed by atoms with Crippen molar-refractivity contribution < 1.29 is 9.59 Å². The van der Waals surface area contributed by atoms with Crippen LogP contribution in [0.4, 0.5) is 16.5 Å². The molecule has 4 rings (SSSR count). The van der Waals surface area contributed by atoms with E-state index in [0.29, 0.717) is 10.8 Å². The summed E-state index contributed by atoms with van der Waals surface area (Å²) in [7, 11) is 0. The molecule has 1 aliphatic rings. The molecule has 1 aromatic heterocycles. The fraction of sp³-hybridized carbons (Fsp3) is 0.269. The zero-order valence-corrected chi connectivity index (χ0v) is 19.6. The molecule has 0 bridgehead atoms. The number of carbonyl (C=O) groups excluding carboxylic acids is 2. The highest BCUT2D eigenvalue weighted by atomic mass is 32.1. The SMILES string of the molecule is CC(=O)N(c1ccccc1)c1nc(/C=C/C(=O)Nc2ccc(CCN3CCCC3)cc2)cs1. The van der Waals surface area contributed by atoms with Crippen LogP contribution in [0.15, 0.2) is 66.1 Å². The Morgan fingerprint density at radius 1 is 1.09 bits per heavy atom. The number of likely N-dealkylation sites (tertiary alicyclic amines) is 1. The lowest BCUT2D eigenvalue weighted by Crippen LogP contribution is -2.22. The zero-order chi connectivity index (χ0) is 23.0. The Bertz CT molecular complexity index is 1100. The van der Waals surface area contributed by atoms with E-state index < -0.39 is 0 Å². The second kappa shape index (κ2) is 11.0. The van der Waals surface area contributed by atoms with E-state index in [1.165, 1.54) is 55.8 Å². The first-order chi connectivity index (χ1) is 16.1. The van der Waals surface area contributed by atoms with Crippen molar-refractivity contribution in [2.24, 2.45) is 0 Å². The number of hydrogen-bond donors (Lipinski definition) is 1. The van der Waals surface area contributed by atoms with Crippen molar-refractivity contribution >= 4 is 45.7 Å². The predicted octanol–water partition coefficient (Wildman–Crippen LogP) is 5.12. The molecule has 0 radical (unpaired) electrons. The highest BCUT2D eigenvalue weighted by molar-refractivity contribution is 7.14. The standard InChI is InChI=1S/C26H28N4O2S/c1-20(31)30(24-7-3-2-4-8-24)26-28-23(19-33-26)13-14-25(32)27-22-11-9-21(10-12-22)15-18-29-16-5-6-17-29/h2-4,7-14,19H,5-6,15-18H2,1H3,(H,27,32)/b14-13+. The van der Waals surface area contributed by atoms with Gasteiger partial charge in [0.2, 0.25) is 11.8 Å².